The molecule has 4 heteroatoms. The Morgan fingerprint density at radius 2 is 2.33 bits per heavy atom. The summed E-state index contributed by atoms with van der Waals surface area (Å²) < 4.78 is 5.07. The lowest BCUT2D eigenvalue weighted by atomic mass is 10.0. The highest BCUT2D eigenvalue weighted by molar-refractivity contribution is 5.91. The summed E-state index contributed by atoms with van der Waals surface area (Å²) in [6.45, 7) is 0.325. The fourth-order valence-electron chi connectivity index (χ4n) is 2.32. The highest BCUT2D eigenvalue weighted by Crippen LogP contribution is 2.27. The van der Waals surface area contributed by atoms with E-state index in [1.807, 2.05) is 0 Å². The van der Waals surface area contributed by atoms with Crippen molar-refractivity contribution in [2.75, 3.05) is 6.54 Å². The molecule has 0 radical (unpaired) electrons. The summed E-state index contributed by atoms with van der Waals surface area (Å²) in [4.78, 5) is 11.5. The van der Waals surface area contributed by atoms with Crippen molar-refractivity contribution in [2.24, 2.45) is 5.92 Å². The molecule has 1 heterocycles. The Morgan fingerprint density at radius 3 is 3.00 bits per heavy atom. The summed E-state index contributed by atoms with van der Waals surface area (Å²) in [7, 11) is 0. The highest BCUT2D eigenvalue weighted by atomic mass is 16.3. The van der Waals surface area contributed by atoms with E-state index in [0.717, 1.165) is 12.8 Å². The van der Waals surface area contributed by atoms with Gasteiger partial charge in [0.2, 0.25) is 5.91 Å². The molecule has 1 fully saturated rings. The van der Waals surface area contributed by atoms with Crippen molar-refractivity contribution in [1.29, 1.82) is 0 Å². The van der Waals surface area contributed by atoms with Crippen molar-refractivity contribution < 1.29 is 14.3 Å². The largest absolute Gasteiger partial charge is 0.465 e. The molecular weight excluding hydrogens is 230 g/mol. The number of amides is 1. The van der Waals surface area contributed by atoms with Crippen molar-refractivity contribution >= 4 is 12.0 Å². The van der Waals surface area contributed by atoms with E-state index in [0.29, 0.717) is 18.2 Å². The van der Waals surface area contributed by atoms with Crippen LogP contribution in [-0.2, 0) is 4.79 Å². The number of carbonyl (C=O) groups excluding carboxylic acids is 1. The van der Waals surface area contributed by atoms with Crippen LogP contribution < -0.4 is 5.32 Å². The van der Waals surface area contributed by atoms with Crippen LogP contribution >= 0.6 is 0 Å². The van der Waals surface area contributed by atoms with Gasteiger partial charge in [0.05, 0.1) is 12.4 Å². The first-order valence-corrected chi connectivity index (χ1v) is 6.43. The molecule has 1 aliphatic carbocycles. The van der Waals surface area contributed by atoms with Gasteiger partial charge in [-0.3, -0.25) is 4.79 Å². The standard InChI is InChI=1S/C14H19NO3/c16-13(11-4-1-2-5-11)10-15-14(17)8-7-12-6-3-9-18-12/h3,6-9,11,13,16H,1-2,4-5,10H2,(H,15,17)/b8-7+. The lowest BCUT2D eigenvalue weighted by Gasteiger charge is -2.17. The van der Waals surface area contributed by atoms with Gasteiger partial charge < -0.3 is 14.8 Å². The Morgan fingerprint density at radius 1 is 1.56 bits per heavy atom. The lowest BCUT2D eigenvalue weighted by molar-refractivity contribution is -0.117. The number of nitrogens with one attached hydrogen (secondary N) is 1. The number of aliphatic hydroxyl groups excluding tert-OH is 1. The number of hydrogen-bond donors (Lipinski definition) is 2. The normalized spacial score (nSPS) is 18.3. The molecule has 1 aliphatic rings. The molecule has 1 aromatic heterocycles. The highest BCUT2D eigenvalue weighted by Gasteiger charge is 2.22. The van der Waals surface area contributed by atoms with Crippen molar-refractivity contribution in [3.05, 3.63) is 30.2 Å². The first-order chi connectivity index (χ1) is 8.75. The summed E-state index contributed by atoms with van der Waals surface area (Å²) in [5, 5.41) is 12.6. The fourth-order valence-corrected chi connectivity index (χ4v) is 2.32. The molecule has 2 N–H and O–H groups in total. The Kier molecular flexibility index (Phi) is 4.59. The van der Waals surface area contributed by atoms with Crippen LogP contribution in [0.1, 0.15) is 31.4 Å². The van der Waals surface area contributed by atoms with E-state index in [9.17, 15) is 9.90 Å². The van der Waals surface area contributed by atoms with Gasteiger partial charge in [0, 0.05) is 12.6 Å². The number of aliphatic hydroxyl groups is 1. The molecule has 0 aromatic carbocycles. The molecule has 2 rings (SSSR count). The van der Waals surface area contributed by atoms with Gasteiger partial charge in [-0.05, 0) is 37.0 Å². The van der Waals surface area contributed by atoms with E-state index in [2.05, 4.69) is 5.32 Å². The van der Waals surface area contributed by atoms with Gasteiger partial charge in [-0.25, -0.2) is 0 Å². The van der Waals surface area contributed by atoms with Gasteiger partial charge in [-0.15, -0.1) is 0 Å². The third-order valence-electron chi connectivity index (χ3n) is 3.37. The zero-order valence-corrected chi connectivity index (χ0v) is 10.3. The molecule has 0 spiro atoms. The molecule has 0 saturated heterocycles. The maximum absolute atomic E-state index is 11.5. The molecule has 1 atom stereocenters. The van der Waals surface area contributed by atoms with Gasteiger partial charge in [0.15, 0.2) is 0 Å². The molecule has 1 unspecified atom stereocenters. The topological polar surface area (TPSA) is 62.5 Å². The molecule has 1 amide bonds. The van der Waals surface area contributed by atoms with Crippen LogP contribution in [0.4, 0.5) is 0 Å². The lowest BCUT2D eigenvalue weighted by Crippen LogP contribution is -2.34. The summed E-state index contributed by atoms with van der Waals surface area (Å²) in [6, 6.07) is 3.54. The van der Waals surface area contributed by atoms with Gasteiger partial charge >= 0.3 is 0 Å². The second-order valence-electron chi connectivity index (χ2n) is 4.71. The predicted octanol–water partition coefficient (Wildman–Crippen LogP) is 1.96. The number of rotatable bonds is 5. The van der Waals surface area contributed by atoms with Crippen LogP contribution in [0.2, 0.25) is 0 Å². The van der Waals surface area contributed by atoms with E-state index in [1.54, 1.807) is 24.5 Å². The molecule has 1 saturated carbocycles. The number of furan rings is 1. The second-order valence-corrected chi connectivity index (χ2v) is 4.71. The van der Waals surface area contributed by atoms with Crippen LogP contribution in [0.15, 0.2) is 28.9 Å². The van der Waals surface area contributed by atoms with E-state index in [4.69, 9.17) is 4.42 Å². The van der Waals surface area contributed by atoms with E-state index in [1.165, 1.54) is 18.9 Å². The molecule has 0 bridgehead atoms. The molecule has 4 nitrogen and oxygen atoms in total. The molecule has 98 valence electrons. The Bertz CT molecular complexity index is 391. The van der Waals surface area contributed by atoms with E-state index >= 15 is 0 Å². The van der Waals surface area contributed by atoms with E-state index < -0.39 is 6.10 Å². The summed E-state index contributed by atoms with van der Waals surface area (Å²) in [5.41, 5.74) is 0. The molecule has 18 heavy (non-hydrogen) atoms. The summed E-state index contributed by atoms with van der Waals surface area (Å²) >= 11 is 0. The monoisotopic (exact) mass is 249 g/mol. The minimum atomic E-state index is -0.423. The van der Waals surface area contributed by atoms with Gasteiger partial charge in [-0.2, -0.15) is 0 Å². The van der Waals surface area contributed by atoms with Crippen LogP contribution in [0.3, 0.4) is 0 Å². The van der Waals surface area contributed by atoms with Crippen molar-refractivity contribution in [3.63, 3.8) is 0 Å². The molecular formula is C14H19NO3. The van der Waals surface area contributed by atoms with Crippen LogP contribution in [0.5, 0.6) is 0 Å². The molecule has 0 aliphatic heterocycles. The first-order valence-electron chi connectivity index (χ1n) is 6.43. The number of carbonyl (C=O) groups is 1. The predicted molar refractivity (Wildman–Crippen MR) is 68.7 cm³/mol. The van der Waals surface area contributed by atoms with Crippen LogP contribution in [0, 0.1) is 5.92 Å². The average Bonchev–Trinajstić information content (AvgIpc) is 3.05. The van der Waals surface area contributed by atoms with Crippen LogP contribution in [0.25, 0.3) is 6.08 Å². The number of hydrogen-bond acceptors (Lipinski definition) is 3. The fraction of sp³-hybridized carbons (Fsp3) is 0.500. The minimum absolute atomic E-state index is 0.205. The smallest absolute Gasteiger partial charge is 0.244 e. The zero-order valence-electron chi connectivity index (χ0n) is 10.3. The zero-order chi connectivity index (χ0) is 12.8. The Hall–Kier alpha value is -1.55. The maximum atomic E-state index is 11.5. The van der Waals surface area contributed by atoms with Gasteiger partial charge in [-0.1, -0.05) is 12.8 Å². The third-order valence-corrected chi connectivity index (χ3v) is 3.37. The Labute approximate surface area is 107 Å². The average molecular weight is 249 g/mol. The minimum Gasteiger partial charge on any atom is -0.465 e. The Balaban J connectivity index is 1.71. The van der Waals surface area contributed by atoms with Crippen molar-refractivity contribution in [3.8, 4) is 0 Å². The van der Waals surface area contributed by atoms with Gasteiger partial charge in [0.1, 0.15) is 5.76 Å². The van der Waals surface area contributed by atoms with Crippen molar-refractivity contribution in [1.82, 2.24) is 5.32 Å². The quantitative estimate of drug-likeness (QED) is 0.784. The SMILES string of the molecule is O=C(/C=C/c1ccco1)NCC(O)C1CCCC1. The van der Waals surface area contributed by atoms with Crippen LogP contribution in [-0.4, -0.2) is 23.7 Å². The molecule has 1 aromatic rings. The first kappa shape index (κ1) is 12.9. The summed E-state index contributed by atoms with van der Waals surface area (Å²) in [5.74, 6) is 0.782. The summed E-state index contributed by atoms with van der Waals surface area (Å²) in [6.07, 6.45) is 8.67. The third kappa shape index (κ3) is 3.74. The second kappa shape index (κ2) is 6.40. The van der Waals surface area contributed by atoms with Gasteiger partial charge in [0.25, 0.3) is 0 Å². The van der Waals surface area contributed by atoms with E-state index in [-0.39, 0.29) is 5.91 Å². The maximum Gasteiger partial charge on any atom is 0.244 e. The van der Waals surface area contributed by atoms with Crippen molar-refractivity contribution in [2.45, 2.75) is 31.8 Å².